The van der Waals surface area contributed by atoms with Gasteiger partial charge >= 0.3 is 0 Å². The lowest BCUT2D eigenvalue weighted by molar-refractivity contribution is 0.573. The molecule has 0 saturated heterocycles. The Morgan fingerprint density at radius 1 is 1.18 bits per heavy atom. The standard InChI is InChI=1S/C15H26N2/c1-4-6-7-14(16)12-17(3)15-10-8-13(5-2)9-11-15/h8-11,14H,4-7,12,16H2,1-3H3. The van der Waals surface area contributed by atoms with Gasteiger partial charge in [0.2, 0.25) is 0 Å². The molecule has 0 fully saturated rings. The van der Waals surface area contributed by atoms with E-state index < -0.39 is 0 Å². The van der Waals surface area contributed by atoms with Gasteiger partial charge in [-0.3, -0.25) is 0 Å². The lowest BCUT2D eigenvalue weighted by atomic mass is 10.1. The van der Waals surface area contributed by atoms with Crippen molar-refractivity contribution < 1.29 is 0 Å². The zero-order chi connectivity index (χ0) is 12.7. The number of unbranched alkanes of at least 4 members (excludes halogenated alkanes) is 1. The minimum Gasteiger partial charge on any atom is -0.373 e. The first-order valence-corrected chi connectivity index (χ1v) is 6.73. The molecule has 1 unspecified atom stereocenters. The lowest BCUT2D eigenvalue weighted by Crippen LogP contribution is -2.35. The maximum atomic E-state index is 6.11. The van der Waals surface area contributed by atoms with Gasteiger partial charge in [-0.15, -0.1) is 0 Å². The highest BCUT2D eigenvalue weighted by Crippen LogP contribution is 2.14. The van der Waals surface area contributed by atoms with Crippen molar-refractivity contribution in [3.63, 3.8) is 0 Å². The van der Waals surface area contributed by atoms with Crippen molar-refractivity contribution in [1.82, 2.24) is 0 Å². The van der Waals surface area contributed by atoms with E-state index in [4.69, 9.17) is 5.73 Å². The Morgan fingerprint density at radius 2 is 1.82 bits per heavy atom. The van der Waals surface area contributed by atoms with E-state index in [9.17, 15) is 0 Å². The van der Waals surface area contributed by atoms with E-state index in [1.54, 1.807) is 0 Å². The van der Waals surface area contributed by atoms with Crippen molar-refractivity contribution in [2.24, 2.45) is 5.73 Å². The van der Waals surface area contributed by atoms with Crippen LogP contribution in [0.1, 0.15) is 38.7 Å². The summed E-state index contributed by atoms with van der Waals surface area (Å²) in [5.41, 5.74) is 8.76. The van der Waals surface area contributed by atoms with Crippen LogP contribution in [0.5, 0.6) is 0 Å². The number of hydrogen-bond acceptors (Lipinski definition) is 2. The molecular formula is C15H26N2. The van der Waals surface area contributed by atoms with E-state index in [2.05, 4.69) is 50.1 Å². The second-order valence-corrected chi connectivity index (χ2v) is 4.80. The van der Waals surface area contributed by atoms with Crippen LogP contribution in [0, 0.1) is 0 Å². The van der Waals surface area contributed by atoms with Crippen molar-refractivity contribution in [2.45, 2.75) is 45.6 Å². The summed E-state index contributed by atoms with van der Waals surface area (Å²) in [5, 5.41) is 0. The maximum absolute atomic E-state index is 6.11. The van der Waals surface area contributed by atoms with Crippen LogP contribution >= 0.6 is 0 Å². The molecule has 0 bridgehead atoms. The molecule has 1 rings (SSSR count). The number of nitrogens with two attached hydrogens (primary N) is 1. The van der Waals surface area contributed by atoms with Gasteiger partial charge in [0, 0.05) is 25.3 Å². The summed E-state index contributed by atoms with van der Waals surface area (Å²) in [6, 6.07) is 9.05. The van der Waals surface area contributed by atoms with E-state index in [0.717, 1.165) is 19.4 Å². The molecule has 0 heterocycles. The van der Waals surface area contributed by atoms with Crippen molar-refractivity contribution in [1.29, 1.82) is 0 Å². The van der Waals surface area contributed by atoms with Crippen LogP contribution in [-0.4, -0.2) is 19.6 Å². The Bertz CT molecular complexity index is 305. The zero-order valence-electron chi connectivity index (χ0n) is 11.4. The predicted molar refractivity (Wildman–Crippen MR) is 76.6 cm³/mol. The Morgan fingerprint density at radius 3 is 2.35 bits per heavy atom. The summed E-state index contributed by atoms with van der Waals surface area (Å²) >= 11 is 0. The van der Waals surface area contributed by atoms with Crippen molar-refractivity contribution >= 4 is 5.69 Å². The van der Waals surface area contributed by atoms with Gasteiger partial charge in [0.05, 0.1) is 0 Å². The number of anilines is 1. The second kappa shape index (κ2) is 7.33. The van der Waals surface area contributed by atoms with Crippen LogP contribution in [0.4, 0.5) is 5.69 Å². The SMILES string of the molecule is CCCCC(N)CN(C)c1ccc(CC)cc1. The van der Waals surface area contributed by atoms with Crippen molar-refractivity contribution in [3.05, 3.63) is 29.8 Å². The summed E-state index contributed by atoms with van der Waals surface area (Å²) < 4.78 is 0. The molecular weight excluding hydrogens is 208 g/mol. The third kappa shape index (κ3) is 4.78. The molecule has 0 aromatic heterocycles. The van der Waals surface area contributed by atoms with E-state index >= 15 is 0 Å². The molecule has 0 radical (unpaired) electrons. The van der Waals surface area contributed by atoms with Gasteiger partial charge < -0.3 is 10.6 Å². The van der Waals surface area contributed by atoms with Crippen molar-refractivity contribution in [3.8, 4) is 0 Å². The van der Waals surface area contributed by atoms with Crippen LogP contribution in [0.2, 0.25) is 0 Å². The van der Waals surface area contributed by atoms with Gasteiger partial charge in [-0.2, -0.15) is 0 Å². The van der Waals surface area contributed by atoms with Crippen molar-refractivity contribution in [2.75, 3.05) is 18.5 Å². The van der Waals surface area contributed by atoms with Crippen LogP contribution in [0.15, 0.2) is 24.3 Å². The van der Waals surface area contributed by atoms with Crippen LogP contribution in [0.25, 0.3) is 0 Å². The Hall–Kier alpha value is -1.02. The molecule has 96 valence electrons. The molecule has 0 aliphatic carbocycles. The highest BCUT2D eigenvalue weighted by Gasteiger charge is 2.07. The van der Waals surface area contributed by atoms with E-state index in [1.165, 1.54) is 24.1 Å². The fourth-order valence-corrected chi connectivity index (χ4v) is 2.00. The smallest absolute Gasteiger partial charge is 0.0364 e. The minimum absolute atomic E-state index is 0.283. The van der Waals surface area contributed by atoms with E-state index in [1.807, 2.05) is 0 Å². The molecule has 2 nitrogen and oxygen atoms in total. The highest BCUT2D eigenvalue weighted by atomic mass is 15.1. The summed E-state index contributed by atoms with van der Waals surface area (Å²) in [5.74, 6) is 0. The van der Waals surface area contributed by atoms with Gasteiger partial charge in [-0.1, -0.05) is 38.8 Å². The molecule has 1 atom stereocenters. The minimum atomic E-state index is 0.283. The van der Waals surface area contributed by atoms with E-state index in [0.29, 0.717) is 0 Å². The molecule has 0 saturated carbocycles. The third-order valence-electron chi connectivity index (χ3n) is 3.22. The van der Waals surface area contributed by atoms with Crippen LogP contribution < -0.4 is 10.6 Å². The first kappa shape index (κ1) is 14.0. The number of rotatable bonds is 7. The first-order chi connectivity index (χ1) is 8.17. The molecule has 1 aromatic rings. The number of likely N-dealkylation sites (N-methyl/N-ethyl adjacent to an activating group) is 1. The highest BCUT2D eigenvalue weighted by molar-refractivity contribution is 5.47. The Labute approximate surface area is 106 Å². The summed E-state index contributed by atoms with van der Waals surface area (Å²) in [6.07, 6.45) is 4.67. The second-order valence-electron chi connectivity index (χ2n) is 4.80. The average Bonchev–Trinajstić information content (AvgIpc) is 2.36. The normalized spacial score (nSPS) is 12.5. The van der Waals surface area contributed by atoms with Gasteiger partial charge in [0.15, 0.2) is 0 Å². The largest absolute Gasteiger partial charge is 0.373 e. The van der Waals surface area contributed by atoms with E-state index in [-0.39, 0.29) is 6.04 Å². The predicted octanol–water partition coefficient (Wildman–Crippen LogP) is 3.20. The summed E-state index contributed by atoms with van der Waals surface area (Å²) in [7, 11) is 2.12. The molecule has 0 spiro atoms. The number of hydrogen-bond donors (Lipinski definition) is 1. The number of nitrogens with zero attached hydrogens (tertiary/aromatic N) is 1. The maximum Gasteiger partial charge on any atom is 0.0364 e. The molecule has 0 amide bonds. The van der Waals surface area contributed by atoms with Gasteiger partial charge in [0.1, 0.15) is 0 Å². The molecule has 17 heavy (non-hydrogen) atoms. The molecule has 2 N–H and O–H groups in total. The van der Waals surface area contributed by atoms with Gasteiger partial charge in [-0.05, 0) is 30.5 Å². The fraction of sp³-hybridized carbons (Fsp3) is 0.600. The number of benzene rings is 1. The Kier molecular flexibility index (Phi) is 6.06. The topological polar surface area (TPSA) is 29.3 Å². The van der Waals surface area contributed by atoms with Gasteiger partial charge in [0.25, 0.3) is 0 Å². The summed E-state index contributed by atoms with van der Waals surface area (Å²) in [6.45, 7) is 5.32. The third-order valence-corrected chi connectivity index (χ3v) is 3.22. The Balaban J connectivity index is 2.47. The monoisotopic (exact) mass is 234 g/mol. The molecule has 1 aromatic carbocycles. The molecule has 2 heteroatoms. The molecule has 0 aliphatic heterocycles. The van der Waals surface area contributed by atoms with Crippen LogP contribution in [-0.2, 0) is 6.42 Å². The zero-order valence-corrected chi connectivity index (χ0v) is 11.4. The quantitative estimate of drug-likeness (QED) is 0.785. The fourth-order valence-electron chi connectivity index (χ4n) is 2.00. The number of aryl methyl sites for hydroxylation is 1. The lowest BCUT2D eigenvalue weighted by Gasteiger charge is -2.23. The van der Waals surface area contributed by atoms with Crippen LogP contribution in [0.3, 0.4) is 0 Å². The molecule has 0 aliphatic rings. The summed E-state index contributed by atoms with van der Waals surface area (Å²) in [4.78, 5) is 2.25. The average molecular weight is 234 g/mol. The van der Waals surface area contributed by atoms with Gasteiger partial charge in [-0.25, -0.2) is 0 Å². The first-order valence-electron chi connectivity index (χ1n) is 6.73.